The predicted octanol–water partition coefficient (Wildman–Crippen LogP) is 1.84. The van der Waals surface area contributed by atoms with Crippen LogP contribution in [0.4, 0.5) is 0 Å². The zero-order valence-corrected chi connectivity index (χ0v) is 15.1. The molecule has 134 valence electrons. The van der Waals surface area contributed by atoms with E-state index in [4.69, 9.17) is 15.2 Å². The summed E-state index contributed by atoms with van der Waals surface area (Å²) in [6, 6.07) is 9.22. The Kier molecular flexibility index (Phi) is 4.91. The van der Waals surface area contributed by atoms with Gasteiger partial charge in [-0.15, -0.1) is 11.8 Å². The highest BCUT2D eigenvalue weighted by molar-refractivity contribution is 8.03. The summed E-state index contributed by atoms with van der Waals surface area (Å²) in [6.45, 7) is 0. The number of fused-ring (bicyclic) bond motifs is 1. The van der Waals surface area contributed by atoms with Crippen molar-refractivity contribution in [1.29, 1.82) is 5.26 Å². The maximum absolute atomic E-state index is 12.5. The Hall–Kier alpha value is -2.92. The lowest BCUT2D eigenvalue weighted by atomic mass is 9.83. The van der Waals surface area contributed by atoms with Crippen LogP contribution in [0.5, 0.6) is 5.75 Å². The third-order valence-electron chi connectivity index (χ3n) is 4.28. The molecule has 0 saturated carbocycles. The van der Waals surface area contributed by atoms with E-state index in [1.165, 1.54) is 30.9 Å². The maximum Gasteiger partial charge on any atom is 0.338 e. The van der Waals surface area contributed by atoms with Crippen LogP contribution in [0.3, 0.4) is 0 Å². The first-order chi connectivity index (χ1) is 12.5. The van der Waals surface area contributed by atoms with Gasteiger partial charge in [0.05, 0.1) is 42.4 Å². The van der Waals surface area contributed by atoms with E-state index >= 15 is 0 Å². The highest BCUT2D eigenvalue weighted by Gasteiger charge is 2.42. The summed E-state index contributed by atoms with van der Waals surface area (Å²) in [5.41, 5.74) is 7.25. The molecular formula is C18H17N3O4S. The average molecular weight is 371 g/mol. The second kappa shape index (κ2) is 7.14. The van der Waals surface area contributed by atoms with Crippen LogP contribution in [0.25, 0.3) is 0 Å². The molecule has 0 spiro atoms. The van der Waals surface area contributed by atoms with Gasteiger partial charge in [-0.2, -0.15) is 5.26 Å². The molecule has 1 fully saturated rings. The number of hydrogen-bond donors (Lipinski definition) is 1. The highest BCUT2D eigenvalue weighted by atomic mass is 32.2. The summed E-state index contributed by atoms with van der Waals surface area (Å²) in [5.74, 6) is -0.493. The van der Waals surface area contributed by atoms with Crippen molar-refractivity contribution in [2.24, 2.45) is 5.73 Å². The molecular weight excluding hydrogens is 354 g/mol. The summed E-state index contributed by atoms with van der Waals surface area (Å²) < 4.78 is 10.1. The molecule has 1 aromatic carbocycles. The number of nitriles is 1. The first kappa shape index (κ1) is 17.9. The van der Waals surface area contributed by atoms with Crippen molar-refractivity contribution in [2.45, 2.75) is 12.3 Å². The number of esters is 1. The van der Waals surface area contributed by atoms with Gasteiger partial charge in [0.25, 0.3) is 0 Å². The van der Waals surface area contributed by atoms with Crippen LogP contribution in [-0.4, -0.2) is 36.7 Å². The van der Waals surface area contributed by atoms with Crippen molar-refractivity contribution in [3.05, 3.63) is 51.8 Å². The molecule has 1 atom stereocenters. The number of carbonyl (C=O) groups is 2. The second-order valence-corrected chi connectivity index (χ2v) is 6.74. The average Bonchev–Trinajstić information content (AvgIpc) is 2.67. The molecule has 7 nitrogen and oxygen atoms in total. The Bertz CT molecular complexity index is 885. The number of allylic oxidation sites excluding steroid dienone is 1. The van der Waals surface area contributed by atoms with Crippen LogP contribution in [0, 0.1) is 11.3 Å². The fourth-order valence-electron chi connectivity index (χ4n) is 3.10. The minimum Gasteiger partial charge on any atom is -0.497 e. The van der Waals surface area contributed by atoms with E-state index in [1.54, 1.807) is 24.3 Å². The van der Waals surface area contributed by atoms with Gasteiger partial charge in [0.15, 0.2) is 0 Å². The Morgan fingerprint density at radius 2 is 2.19 bits per heavy atom. The van der Waals surface area contributed by atoms with E-state index in [2.05, 4.69) is 6.07 Å². The number of carbonyl (C=O) groups excluding carboxylic acids is 2. The molecule has 0 aromatic heterocycles. The van der Waals surface area contributed by atoms with Crippen molar-refractivity contribution in [3.8, 4) is 11.8 Å². The number of thioether (sulfide) groups is 1. The molecule has 1 amide bonds. The molecule has 8 heteroatoms. The molecule has 1 unspecified atom stereocenters. The van der Waals surface area contributed by atoms with Crippen LogP contribution < -0.4 is 10.5 Å². The Morgan fingerprint density at radius 3 is 2.85 bits per heavy atom. The minimum atomic E-state index is -0.729. The first-order valence-electron chi connectivity index (χ1n) is 7.85. The molecule has 26 heavy (non-hydrogen) atoms. The molecule has 0 bridgehead atoms. The molecule has 1 aromatic rings. The molecule has 2 aliphatic heterocycles. The Morgan fingerprint density at radius 1 is 1.42 bits per heavy atom. The van der Waals surface area contributed by atoms with Crippen molar-refractivity contribution >= 4 is 23.6 Å². The van der Waals surface area contributed by atoms with Gasteiger partial charge in [0.1, 0.15) is 11.6 Å². The quantitative estimate of drug-likeness (QED) is 0.808. The number of amides is 1. The third kappa shape index (κ3) is 2.80. The fourth-order valence-corrected chi connectivity index (χ4v) is 4.22. The number of nitrogens with zero attached hydrogens (tertiary/aromatic N) is 2. The SMILES string of the molecule is COC(=O)C1=C(N)N2C(=O)CCSC2=C(C#N)C1c1cccc(OC)c1. The summed E-state index contributed by atoms with van der Waals surface area (Å²) in [7, 11) is 2.77. The zero-order chi connectivity index (χ0) is 18.8. The van der Waals surface area contributed by atoms with Gasteiger partial charge in [-0.3, -0.25) is 9.69 Å². The number of benzene rings is 1. The molecule has 3 rings (SSSR count). The number of nitrogens with two attached hydrogens (primary N) is 1. The van der Waals surface area contributed by atoms with Crippen LogP contribution >= 0.6 is 11.8 Å². The smallest absolute Gasteiger partial charge is 0.338 e. The normalized spacial score (nSPS) is 19.8. The molecule has 1 saturated heterocycles. The second-order valence-electron chi connectivity index (χ2n) is 5.66. The number of methoxy groups -OCH3 is 2. The van der Waals surface area contributed by atoms with Gasteiger partial charge < -0.3 is 15.2 Å². The number of hydrogen-bond acceptors (Lipinski definition) is 7. The summed E-state index contributed by atoms with van der Waals surface area (Å²) >= 11 is 1.38. The van der Waals surface area contributed by atoms with Crippen LogP contribution in [0.1, 0.15) is 17.9 Å². The largest absolute Gasteiger partial charge is 0.497 e. The molecule has 2 N–H and O–H groups in total. The monoisotopic (exact) mass is 371 g/mol. The number of ether oxygens (including phenoxy) is 2. The predicted molar refractivity (Wildman–Crippen MR) is 95.5 cm³/mol. The van der Waals surface area contributed by atoms with Gasteiger partial charge in [0.2, 0.25) is 5.91 Å². The van der Waals surface area contributed by atoms with Crippen LogP contribution in [0.15, 0.2) is 46.3 Å². The van der Waals surface area contributed by atoms with Gasteiger partial charge in [-0.05, 0) is 17.7 Å². The maximum atomic E-state index is 12.5. The van der Waals surface area contributed by atoms with Crippen molar-refractivity contribution in [3.63, 3.8) is 0 Å². The van der Waals surface area contributed by atoms with Crippen LogP contribution in [0.2, 0.25) is 0 Å². The molecule has 0 radical (unpaired) electrons. The Labute approximate surface area is 155 Å². The topological polar surface area (TPSA) is 106 Å². The molecule has 2 aliphatic rings. The summed E-state index contributed by atoms with van der Waals surface area (Å²) in [5, 5.41) is 10.3. The molecule has 0 aliphatic carbocycles. The van der Waals surface area contributed by atoms with Gasteiger partial charge in [-0.25, -0.2) is 4.79 Å². The van der Waals surface area contributed by atoms with Crippen molar-refractivity contribution < 1.29 is 19.1 Å². The highest BCUT2D eigenvalue weighted by Crippen LogP contribution is 2.46. The van der Waals surface area contributed by atoms with E-state index in [-0.39, 0.29) is 23.7 Å². The zero-order valence-electron chi connectivity index (χ0n) is 14.3. The van der Waals surface area contributed by atoms with Gasteiger partial charge >= 0.3 is 5.97 Å². The minimum absolute atomic E-state index is 0.0101. The third-order valence-corrected chi connectivity index (χ3v) is 5.37. The summed E-state index contributed by atoms with van der Waals surface area (Å²) in [6.07, 6.45) is 0.284. The van der Waals surface area contributed by atoms with E-state index in [0.29, 0.717) is 27.7 Å². The fraction of sp³-hybridized carbons (Fsp3) is 0.278. The van der Waals surface area contributed by atoms with Crippen LogP contribution in [-0.2, 0) is 14.3 Å². The van der Waals surface area contributed by atoms with Gasteiger partial charge in [-0.1, -0.05) is 12.1 Å². The van der Waals surface area contributed by atoms with Crippen molar-refractivity contribution in [1.82, 2.24) is 4.90 Å². The van der Waals surface area contributed by atoms with E-state index in [9.17, 15) is 14.9 Å². The lowest BCUT2D eigenvalue weighted by molar-refractivity contribution is -0.136. The van der Waals surface area contributed by atoms with E-state index < -0.39 is 11.9 Å². The lowest BCUT2D eigenvalue weighted by Gasteiger charge is -2.37. The summed E-state index contributed by atoms with van der Waals surface area (Å²) in [4.78, 5) is 26.1. The van der Waals surface area contributed by atoms with E-state index in [1.807, 2.05) is 0 Å². The standard InChI is InChI=1S/C18H17N3O4S/c1-24-11-5-3-4-10(8-11)14-12(9-19)17-21(13(22)6-7-26-17)16(20)15(14)18(23)25-2/h3-5,8,14H,6-7,20H2,1-2H3. The number of rotatable bonds is 3. The van der Waals surface area contributed by atoms with Gasteiger partial charge in [0, 0.05) is 12.2 Å². The lowest BCUT2D eigenvalue weighted by Crippen LogP contribution is -2.42. The first-order valence-corrected chi connectivity index (χ1v) is 8.84. The van der Waals surface area contributed by atoms with E-state index in [0.717, 1.165) is 0 Å². The Balaban J connectivity index is 2.27. The molecule has 2 heterocycles. The van der Waals surface area contributed by atoms with Crippen molar-refractivity contribution in [2.75, 3.05) is 20.0 Å².